The number of nitrogens with one attached hydrogen (secondary N) is 1. The minimum atomic E-state index is -0.744. The van der Waals surface area contributed by atoms with Gasteiger partial charge in [0.25, 0.3) is 0 Å². The fourth-order valence-electron chi connectivity index (χ4n) is 2.13. The van der Waals surface area contributed by atoms with Crippen LogP contribution in [0.25, 0.3) is 0 Å². The zero-order valence-electron chi connectivity index (χ0n) is 8.61. The highest BCUT2D eigenvalue weighted by Crippen LogP contribution is 2.35. The number of rotatable bonds is 3. The second-order valence-corrected chi connectivity index (χ2v) is 4.26. The van der Waals surface area contributed by atoms with Crippen molar-refractivity contribution in [1.29, 1.82) is 0 Å². The molecule has 0 bridgehead atoms. The van der Waals surface area contributed by atoms with Gasteiger partial charge >= 0.3 is 5.97 Å². The second-order valence-electron chi connectivity index (χ2n) is 4.26. The van der Waals surface area contributed by atoms with Gasteiger partial charge in [-0.2, -0.15) is 0 Å². The molecule has 2 N–H and O–H groups in total. The van der Waals surface area contributed by atoms with Crippen LogP contribution in [-0.2, 0) is 9.59 Å². The van der Waals surface area contributed by atoms with Crippen LogP contribution in [-0.4, -0.2) is 47.6 Å². The molecule has 0 spiro atoms. The van der Waals surface area contributed by atoms with Crippen LogP contribution in [0.3, 0.4) is 0 Å². The predicted molar refractivity (Wildman–Crippen MR) is 53.3 cm³/mol. The Bertz CT molecular complexity index is 276. The third kappa shape index (κ3) is 2.47. The molecule has 84 valence electrons. The quantitative estimate of drug-likeness (QED) is 0.672. The molecule has 0 aromatic carbocycles. The van der Waals surface area contributed by atoms with Gasteiger partial charge in [-0.05, 0) is 18.8 Å². The Hall–Kier alpha value is -1.10. The average molecular weight is 212 g/mol. The van der Waals surface area contributed by atoms with E-state index in [1.807, 2.05) is 4.90 Å². The number of hydrogen-bond acceptors (Lipinski definition) is 3. The van der Waals surface area contributed by atoms with E-state index in [4.69, 9.17) is 5.11 Å². The fraction of sp³-hybridized carbons (Fsp3) is 0.800. The van der Waals surface area contributed by atoms with Gasteiger partial charge in [0.1, 0.15) is 6.04 Å². The lowest BCUT2D eigenvalue weighted by Gasteiger charge is -2.26. The summed E-state index contributed by atoms with van der Waals surface area (Å²) in [5, 5.41) is 11.9. The predicted octanol–water partition coefficient (Wildman–Crippen LogP) is -0.328. The normalized spacial score (nSPS) is 25.5. The van der Waals surface area contributed by atoms with Crippen LogP contribution >= 0.6 is 0 Å². The van der Waals surface area contributed by atoms with Gasteiger partial charge in [0.05, 0.1) is 0 Å². The standard InChI is InChI=1S/C10H16N2O3/c13-8-3-5-12(6-4-11-8)9(10(14)15)7-1-2-7/h7,9H,1-6H2,(H,11,13)(H,14,15). The Morgan fingerprint density at radius 1 is 1.47 bits per heavy atom. The molecule has 5 nitrogen and oxygen atoms in total. The summed E-state index contributed by atoms with van der Waals surface area (Å²) < 4.78 is 0. The molecule has 2 rings (SSSR count). The SMILES string of the molecule is O=C1CCN(C(C(=O)O)C2CC2)CCN1. The van der Waals surface area contributed by atoms with E-state index in [2.05, 4.69) is 5.32 Å². The van der Waals surface area contributed by atoms with Gasteiger partial charge in [-0.3, -0.25) is 14.5 Å². The van der Waals surface area contributed by atoms with Crippen LogP contribution in [0.15, 0.2) is 0 Å². The monoisotopic (exact) mass is 212 g/mol. The molecule has 2 aliphatic rings. The summed E-state index contributed by atoms with van der Waals surface area (Å²) in [5.74, 6) is -0.417. The van der Waals surface area contributed by atoms with Crippen molar-refractivity contribution < 1.29 is 14.7 Å². The minimum Gasteiger partial charge on any atom is -0.480 e. The summed E-state index contributed by atoms with van der Waals surface area (Å²) in [6.07, 6.45) is 2.43. The average Bonchev–Trinajstić information content (AvgIpc) is 2.96. The number of hydrogen-bond donors (Lipinski definition) is 2. The molecule has 1 unspecified atom stereocenters. The van der Waals surface area contributed by atoms with E-state index in [1.165, 1.54) is 0 Å². The number of carbonyl (C=O) groups is 2. The molecule has 1 aliphatic carbocycles. The van der Waals surface area contributed by atoms with Crippen LogP contribution in [0.5, 0.6) is 0 Å². The summed E-state index contributed by atoms with van der Waals surface area (Å²) in [5.41, 5.74) is 0. The van der Waals surface area contributed by atoms with Crippen molar-refractivity contribution in [2.75, 3.05) is 19.6 Å². The number of aliphatic carboxylic acids is 1. The highest BCUT2D eigenvalue weighted by molar-refractivity contribution is 5.77. The Morgan fingerprint density at radius 2 is 2.20 bits per heavy atom. The molecule has 0 aromatic rings. The van der Waals surface area contributed by atoms with E-state index < -0.39 is 5.97 Å². The Balaban J connectivity index is 2.00. The van der Waals surface area contributed by atoms with E-state index in [0.717, 1.165) is 12.8 Å². The molecule has 1 atom stereocenters. The summed E-state index contributed by atoms with van der Waals surface area (Å²) in [7, 11) is 0. The maximum atomic E-state index is 11.1. The summed E-state index contributed by atoms with van der Waals surface area (Å²) in [4.78, 5) is 24.2. The van der Waals surface area contributed by atoms with Crippen molar-refractivity contribution in [2.24, 2.45) is 5.92 Å². The number of nitrogens with zero attached hydrogens (tertiary/aromatic N) is 1. The Morgan fingerprint density at radius 3 is 2.80 bits per heavy atom. The van der Waals surface area contributed by atoms with Crippen molar-refractivity contribution in [3.05, 3.63) is 0 Å². The van der Waals surface area contributed by atoms with Crippen molar-refractivity contribution >= 4 is 11.9 Å². The van der Waals surface area contributed by atoms with Gasteiger partial charge < -0.3 is 10.4 Å². The maximum absolute atomic E-state index is 11.1. The van der Waals surface area contributed by atoms with Crippen LogP contribution in [0, 0.1) is 5.92 Å². The highest BCUT2D eigenvalue weighted by atomic mass is 16.4. The first-order valence-corrected chi connectivity index (χ1v) is 5.42. The van der Waals surface area contributed by atoms with Gasteiger partial charge in [-0.1, -0.05) is 0 Å². The number of amides is 1. The summed E-state index contributed by atoms with van der Waals surface area (Å²) in [6, 6.07) is -0.377. The molecule has 1 aliphatic heterocycles. The molecule has 1 heterocycles. The van der Waals surface area contributed by atoms with Crippen molar-refractivity contribution in [3.8, 4) is 0 Å². The first-order chi connectivity index (χ1) is 7.18. The van der Waals surface area contributed by atoms with Crippen LogP contribution in [0.4, 0.5) is 0 Å². The van der Waals surface area contributed by atoms with Gasteiger partial charge in [-0.25, -0.2) is 0 Å². The molecule has 1 amide bonds. The molecule has 1 saturated carbocycles. The van der Waals surface area contributed by atoms with Gasteiger partial charge in [0.15, 0.2) is 0 Å². The first kappa shape index (κ1) is 10.4. The van der Waals surface area contributed by atoms with Gasteiger partial charge in [0, 0.05) is 26.1 Å². The van der Waals surface area contributed by atoms with E-state index in [1.54, 1.807) is 0 Å². The van der Waals surface area contributed by atoms with Crippen molar-refractivity contribution in [1.82, 2.24) is 10.2 Å². The lowest BCUT2D eigenvalue weighted by molar-refractivity contribution is -0.144. The van der Waals surface area contributed by atoms with E-state index in [0.29, 0.717) is 32.0 Å². The zero-order valence-corrected chi connectivity index (χ0v) is 8.61. The summed E-state index contributed by atoms with van der Waals surface area (Å²) >= 11 is 0. The van der Waals surface area contributed by atoms with Crippen LogP contribution < -0.4 is 5.32 Å². The number of carboxylic acids is 1. The van der Waals surface area contributed by atoms with E-state index >= 15 is 0 Å². The van der Waals surface area contributed by atoms with E-state index in [-0.39, 0.29) is 11.9 Å². The molecule has 15 heavy (non-hydrogen) atoms. The first-order valence-electron chi connectivity index (χ1n) is 5.42. The second kappa shape index (κ2) is 4.18. The molecule has 0 aromatic heterocycles. The third-order valence-electron chi connectivity index (χ3n) is 3.06. The molecule has 5 heteroatoms. The topological polar surface area (TPSA) is 69.6 Å². The maximum Gasteiger partial charge on any atom is 0.321 e. The number of carbonyl (C=O) groups excluding carboxylic acids is 1. The Labute approximate surface area is 88.4 Å². The molecule has 2 fully saturated rings. The molecular formula is C10H16N2O3. The zero-order chi connectivity index (χ0) is 10.8. The Kier molecular flexibility index (Phi) is 2.90. The molecule has 1 saturated heterocycles. The molecular weight excluding hydrogens is 196 g/mol. The van der Waals surface area contributed by atoms with Crippen molar-refractivity contribution in [3.63, 3.8) is 0 Å². The minimum absolute atomic E-state index is 0.0254. The lowest BCUT2D eigenvalue weighted by atomic mass is 10.1. The molecule has 0 radical (unpaired) electrons. The van der Waals surface area contributed by atoms with Gasteiger partial charge in [-0.15, -0.1) is 0 Å². The van der Waals surface area contributed by atoms with Crippen LogP contribution in [0.1, 0.15) is 19.3 Å². The lowest BCUT2D eigenvalue weighted by Crippen LogP contribution is -2.44. The highest BCUT2D eigenvalue weighted by Gasteiger charge is 2.40. The van der Waals surface area contributed by atoms with Gasteiger partial charge in [0.2, 0.25) is 5.91 Å². The van der Waals surface area contributed by atoms with Crippen LogP contribution in [0.2, 0.25) is 0 Å². The third-order valence-corrected chi connectivity index (χ3v) is 3.06. The van der Waals surface area contributed by atoms with E-state index in [9.17, 15) is 9.59 Å². The summed E-state index contributed by atoms with van der Waals surface area (Å²) in [6.45, 7) is 1.79. The fourth-order valence-corrected chi connectivity index (χ4v) is 2.13. The largest absolute Gasteiger partial charge is 0.480 e. The van der Waals surface area contributed by atoms with Crippen molar-refractivity contribution in [2.45, 2.75) is 25.3 Å². The number of carboxylic acid groups (broad SMARTS) is 1. The smallest absolute Gasteiger partial charge is 0.321 e.